The zero-order valence-corrected chi connectivity index (χ0v) is 11.1. The van der Waals surface area contributed by atoms with Crippen molar-refractivity contribution in [2.45, 2.75) is 6.92 Å². The molecule has 0 spiro atoms. The summed E-state index contributed by atoms with van der Waals surface area (Å²) in [4.78, 5) is 8.65. The van der Waals surface area contributed by atoms with Crippen LogP contribution in [0.15, 0.2) is 66.0 Å². The zero-order valence-electron chi connectivity index (χ0n) is 11.1. The number of nitrogens with zero attached hydrogens (tertiary/aromatic N) is 3. The van der Waals surface area contributed by atoms with Gasteiger partial charge in [-0.3, -0.25) is 15.4 Å². The molecule has 0 radical (unpaired) electrons. The van der Waals surface area contributed by atoms with E-state index in [9.17, 15) is 0 Å². The summed E-state index contributed by atoms with van der Waals surface area (Å²) in [5.74, 6) is 0. The zero-order chi connectivity index (χ0) is 13.8. The number of pyridine rings is 2. The Morgan fingerprint density at radius 1 is 0.950 bits per heavy atom. The van der Waals surface area contributed by atoms with Gasteiger partial charge in [0, 0.05) is 17.8 Å². The molecule has 0 saturated carbocycles. The number of hydrogen-bond donors (Lipinski definition) is 1. The summed E-state index contributed by atoms with van der Waals surface area (Å²) >= 11 is 0. The highest BCUT2D eigenvalue weighted by Crippen LogP contribution is 2.20. The van der Waals surface area contributed by atoms with Crippen LogP contribution in [-0.2, 0) is 0 Å². The van der Waals surface area contributed by atoms with Crippen molar-refractivity contribution in [3.63, 3.8) is 0 Å². The predicted molar refractivity (Wildman–Crippen MR) is 81.8 cm³/mol. The van der Waals surface area contributed by atoms with Gasteiger partial charge in [0.15, 0.2) is 0 Å². The summed E-state index contributed by atoms with van der Waals surface area (Å²) < 4.78 is 0. The fourth-order valence-electron chi connectivity index (χ4n) is 1.97. The second-order valence-electron chi connectivity index (χ2n) is 4.40. The second-order valence-corrected chi connectivity index (χ2v) is 4.40. The summed E-state index contributed by atoms with van der Waals surface area (Å²) in [5, 5.41) is 5.47. The van der Waals surface area contributed by atoms with Crippen molar-refractivity contribution in [3.8, 4) is 0 Å². The third-order valence-corrected chi connectivity index (χ3v) is 3.01. The minimum absolute atomic E-state index is 0.832. The molecule has 0 unspecified atom stereocenters. The molecule has 4 nitrogen and oxygen atoms in total. The monoisotopic (exact) mass is 262 g/mol. The van der Waals surface area contributed by atoms with E-state index in [1.54, 1.807) is 12.4 Å². The highest BCUT2D eigenvalue weighted by Gasteiger charge is 2.01. The molecule has 0 aliphatic heterocycles. The van der Waals surface area contributed by atoms with Crippen molar-refractivity contribution >= 4 is 22.3 Å². The first-order chi connectivity index (χ1) is 9.84. The highest BCUT2D eigenvalue weighted by atomic mass is 15.3. The van der Waals surface area contributed by atoms with Gasteiger partial charge >= 0.3 is 0 Å². The third-order valence-electron chi connectivity index (χ3n) is 3.01. The Bertz CT molecular complexity index is 745. The molecule has 2 aromatic heterocycles. The smallest absolute Gasteiger partial charge is 0.0951 e. The number of hydrazone groups is 1. The van der Waals surface area contributed by atoms with Crippen LogP contribution in [0, 0.1) is 0 Å². The van der Waals surface area contributed by atoms with E-state index in [2.05, 4.69) is 20.5 Å². The van der Waals surface area contributed by atoms with Gasteiger partial charge in [-0.1, -0.05) is 24.3 Å². The normalized spacial score (nSPS) is 11.6. The molecule has 0 fully saturated rings. The lowest BCUT2D eigenvalue weighted by Crippen LogP contribution is -2.02. The Hall–Kier alpha value is -2.75. The average molecular weight is 262 g/mol. The van der Waals surface area contributed by atoms with Crippen molar-refractivity contribution in [1.82, 2.24) is 9.97 Å². The molecule has 0 aliphatic rings. The van der Waals surface area contributed by atoms with Gasteiger partial charge in [-0.15, -0.1) is 0 Å². The fraction of sp³-hybridized carbons (Fsp3) is 0.0625. The SMILES string of the molecule is C/C(=N\Nc1cccc2cccnc12)c1ccccn1. The molecule has 2 heterocycles. The maximum Gasteiger partial charge on any atom is 0.0951 e. The predicted octanol–water partition coefficient (Wildman–Crippen LogP) is 3.47. The van der Waals surface area contributed by atoms with Crippen LogP contribution in [0.3, 0.4) is 0 Å². The molecule has 98 valence electrons. The molecule has 0 saturated heterocycles. The maximum atomic E-state index is 4.38. The van der Waals surface area contributed by atoms with Crippen LogP contribution in [0.2, 0.25) is 0 Å². The number of fused-ring (bicyclic) bond motifs is 1. The highest BCUT2D eigenvalue weighted by molar-refractivity contribution is 5.98. The Morgan fingerprint density at radius 2 is 1.80 bits per heavy atom. The summed E-state index contributed by atoms with van der Waals surface area (Å²) in [6.07, 6.45) is 3.54. The van der Waals surface area contributed by atoms with Crippen molar-refractivity contribution in [2.24, 2.45) is 5.10 Å². The quantitative estimate of drug-likeness (QED) is 0.581. The standard InChI is InChI=1S/C16H14N4/c1-12(14-8-2-3-10-17-14)19-20-15-9-4-6-13-7-5-11-18-16(13)15/h2-11,20H,1H3/b19-12+. The van der Waals surface area contributed by atoms with E-state index in [1.807, 2.05) is 55.5 Å². The molecule has 3 aromatic rings. The van der Waals surface area contributed by atoms with Crippen LogP contribution in [0.4, 0.5) is 5.69 Å². The Balaban J connectivity index is 1.91. The molecule has 1 aromatic carbocycles. The van der Waals surface area contributed by atoms with Gasteiger partial charge in [0.1, 0.15) is 0 Å². The summed E-state index contributed by atoms with van der Waals surface area (Å²) in [5.41, 5.74) is 6.56. The van der Waals surface area contributed by atoms with Crippen LogP contribution in [0.5, 0.6) is 0 Å². The van der Waals surface area contributed by atoms with E-state index in [0.29, 0.717) is 0 Å². The average Bonchev–Trinajstić information content (AvgIpc) is 2.53. The number of benzene rings is 1. The molecule has 4 heteroatoms. The lowest BCUT2D eigenvalue weighted by Gasteiger charge is -2.06. The van der Waals surface area contributed by atoms with Gasteiger partial charge in [-0.2, -0.15) is 5.10 Å². The van der Waals surface area contributed by atoms with Crippen molar-refractivity contribution in [3.05, 3.63) is 66.6 Å². The van der Waals surface area contributed by atoms with Gasteiger partial charge in [0.25, 0.3) is 0 Å². The lowest BCUT2D eigenvalue weighted by atomic mass is 10.2. The minimum Gasteiger partial charge on any atom is -0.276 e. The Morgan fingerprint density at radius 3 is 2.65 bits per heavy atom. The van der Waals surface area contributed by atoms with Crippen LogP contribution in [-0.4, -0.2) is 15.7 Å². The fourth-order valence-corrected chi connectivity index (χ4v) is 1.97. The molecule has 0 bridgehead atoms. The van der Waals surface area contributed by atoms with Gasteiger partial charge in [-0.25, -0.2) is 0 Å². The number of nitrogens with one attached hydrogen (secondary N) is 1. The first kappa shape index (κ1) is 12.3. The van der Waals surface area contributed by atoms with E-state index < -0.39 is 0 Å². The number of aromatic nitrogens is 2. The van der Waals surface area contributed by atoms with Crippen LogP contribution >= 0.6 is 0 Å². The third kappa shape index (κ3) is 2.49. The van der Waals surface area contributed by atoms with Crippen molar-refractivity contribution < 1.29 is 0 Å². The second kappa shape index (κ2) is 5.48. The van der Waals surface area contributed by atoms with Crippen LogP contribution < -0.4 is 5.43 Å². The minimum atomic E-state index is 0.832. The molecule has 1 N–H and O–H groups in total. The maximum absolute atomic E-state index is 4.38. The van der Waals surface area contributed by atoms with E-state index in [-0.39, 0.29) is 0 Å². The van der Waals surface area contributed by atoms with E-state index >= 15 is 0 Å². The first-order valence-electron chi connectivity index (χ1n) is 6.40. The molecule has 0 aliphatic carbocycles. The first-order valence-corrected chi connectivity index (χ1v) is 6.40. The van der Waals surface area contributed by atoms with Gasteiger partial charge in [-0.05, 0) is 31.2 Å². The largest absolute Gasteiger partial charge is 0.276 e. The molecular formula is C16H14N4. The number of anilines is 1. The molecule has 3 rings (SSSR count). The van der Waals surface area contributed by atoms with Crippen molar-refractivity contribution in [1.29, 1.82) is 0 Å². The van der Waals surface area contributed by atoms with Crippen molar-refractivity contribution in [2.75, 3.05) is 5.43 Å². The number of para-hydroxylation sites is 1. The topological polar surface area (TPSA) is 50.2 Å². The Labute approximate surface area is 117 Å². The van der Waals surface area contributed by atoms with Gasteiger partial charge < -0.3 is 0 Å². The van der Waals surface area contributed by atoms with E-state index in [0.717, 1.165) is 28.0 Å². The number of rotatable bonds is 3. The lowest BCUT2D eigenvalue weighted by molar-refractivity contribution is 1.25. The molecule has 20 heavy (non-hydrogen) atoms. The van der Waals surface area contributed by atoms with E-state index in [1.165, 1.54) is 0 Å². The molecule has 0 amide bonds. The summed E-state index contributed by atoms with van der Waals surface area (Å²) in [6, 6.07) is 15.7. The summed E-state index contributed by atoms with van der Waals surface area (Å²) in [6.45, 7) is 1.92. The molecule has 0 atom stereocenters. The van der Waals surface area contributed by atoms with E-state index in [4.69, 9.17) is 0 Å². The van der Waals surface area contributed by atoms with Crippen LogP contribution in [0.1, 0.15) is 12.6 Å². The summed E-state index contributed by atoms with van der Waals surface area (Å²) in [7, 11) is 0. The number of hydrogen-bond acceptors (Lipinski definition) is 4. The van der Waals surface area contributed by atoms with Gasteiger partial charge in [0.2, 0.25) is 0 Å². The molecular weight excluding hydrogens is 248 g/mol. The van der Waals surface area contributed by atoms with Gasteiger partial charge in [0.05, 0.1) is 22.6 Å². The Kier molecular flexibility index (Phi) is 3.37. The van der Waals surface area contributed by atoms with Crippen LogP contribution in [0.25, 0.3) is 10.9 Å².